The smallest absolute Gasteiger partial charge is 0.335 e. The molecule has 29 heavy (non-hydrogen) atoms. The fraction of sp³-hybridized carbons (Fsp3) is 0.391. The number of nitrogens with zero attached hydrogens (tertiary/aromatic N) is 1. The van der Waals surface area contributed by atoms with E-state index in [1.54, 1.807) is 4.90 Å². The molecule has 1 amide bonds. The molecule has 0 radical (unpaired) electrons. The predicted molar refractivity (Wildman–Crippen MR) is 106 cm³/mol. The lowest BCUT2D eigenvalue weighted by molar-refractivity contribution is -0.165. The first-order valence-electron chi connectivity index (χ1n) is 9.97. The van der Waals surface area contributed by atoms with E-state index >= 15 is 0 Å². The third-order valence-corrected chi connectivity index (χ3v) is 5.96. The average Bonchev–Trinajstić information content (AvgIpc) is 3.54. The van der Waals surface area contributed by atoms with Crippen LogP contribution < -0.4 is 4.74 Å². The highest BCUT2D eigenvalue weighted by Gasteiger charge is 2.48. The maximum Gasteiger partial charge on any atom is 0.335 e. The molecule has 6 heteroatoms. The summed E-state index contributed by atoms with van der Waals surface area (Å²) in [6, 6.07) is 17.9. The zero-order chi connectivity index (χ0) is 20.4. The van der Waals surface area contributed by atoms with Crippen molar-refractivity contribution in [1.82, 2.24) is 4.90 Å². The molecule has 1 saturated carbocycles. The molecule has 0 aromatic heterocycles. The number of aliphatic carboxylic acids is 1. The Bertz CT molecular complexity index is 872. The number of benzene rings is 2. The van der Waals surface area contributed by atoms with Crippen molar-refractivity contribution in [2.24, 2.45) is 5.92 Å². The van der Waals surface area contributed by atoms with Crippen LogP contribution in [0.25, 0.3) is 0 Å². The van der Waals surface area contributed by atoms with E-state index in [2.05, 4.69) is 0 Å². The van der Waals surface area contributed by atoms with E-state index in [1.165, 1.54) is 0 Å². The van der Waals surface area contributed by atoms with Crippen molar-refractivity contribution in [3.63, 3.8) is 0 Å². The lowest BCUT2D eigenvalue weighted by Crippen LogP contribution is -2.51. The van der Waals surface area contributed by atoms with Gasteiger partial charge in [0.1, 0.15) is 12.4 Å². The van der Waals surface area contributed by atoms with Gasteiger partial charge in [-0.05, 0) is 35.6 Å². The van der Waals surface area contributed by atoms with Gasteiger partial charge in [0.15, 0.2) is 5.60 Å². The van der Waals surface area contributed by atoms with Crippen LogP contribution in [-0.4, -0.2) is 45.7 Å². The Hall–Kier alpha value is -2.86. The number of rotatable bonds is 6. The molecule has 0 spiro atoms. The van der Waals surface area contributed by atoms with Gasteiger partial charge in [-0.15, -0.1) is 0 Å². The maximum atomic E-state index is 12.7. The Balaban J connectivity index is 1.29. The number of amides is 1. The van der Waals surface area contributed by atoms with Crippen LogP contribution in [0.1, 0.15) is 36.3 Å². The molecule has 1 aliphatic heterocycles. The van der Waals surface area contributed by atoms with Gasteiger partial charge in [0.2, 0.25) is 5.91 Å². The third-order valence-electron chi connectivity index (χ3n) is 5.96. The van der Waals surface area contributed by atoms with Crippen molar-refractivity contribution in [3.8, 4) is 5.75 Å². The Morgan fingerprint density at radius 2 is 1.69 bits per heavy atom. The van der Waals surface area contributed by atoms with E-state index in [9.17, 15) is 14.7 Å². The molecule has 2 atom stereocenters. The van der Waals surface area contributed by atoms with Crippen LogP contribution in [0.3, 0.4) is 0 Å². The normalized spacial score (nSPS) is 22.7. The minimum absolute atomic E-state index is 0.0536. The maximum absolute atomic E-state index is 12.7. The summed E-state index contributed by atoms with van der Waals surface area (Å²) in [7, 11) is 0. The second kappa shape index (κ2) is 7.87. The molecule has 6 nitrogen and oxygen atoms in total. The summed E-state index contributed by atoms with van der Waals surface area (Å²) < 4.78 is 5.81. The van der Waals surface area contributed by atoms with Crippen molar-refractivity contribution in [2.75, 3.05) is 13.1 Å². The van der Waals surface area contributed by atoms with Crippen LogP contribution in [0.4, 0.5) is 0 Å². The topological polar surface area (TPSA) is 87.1 Å². The quantitative estimate of drug-likeness (QED) is 0.785. The van der Waals surface area contributed by atoms with Crippen molar-refractivity contribution >= 4 is 11.9 Å². The zero-order valence-corrected chi connectivity index (χ0v) is 16.2. The molecule has 2 unspecified atom stereocenters. The first kappa shape index (κ1) is 19.5. The molecule has 2 N–H and O–H groups in total. The minimum Gasteiger partial charge on any atom is -0.489 e. The summed E-state index contributed by atoms with van der Waals surface area (Å²) >= 11 is 0. The van der Waals surface area contributed by atoms with Gasteiger partial charge in [0.05, 0.1) is 0 Å². The van der Waals surface area contributed by atoms with Gasteiger partial charge >= 0.3 is 5.97 Å². The number of piperidine rings is 1. The van der Waals surface area contributed by atoms with E-state index in [1.807, 2.05) is 54.6 Å². The summed E-state index contributed by atoms with van der Waals surface area (Å²) in [4.78, 5) is 25.5. The van der Waals surface area contributed by atoms with Crippen LogP contribution in [0.5, 0.6) is 5.75 Å². The number of carbonyl (C=O) groups is 2. The van der Waals surface area contributed by atoms with Crippen molar-refractivity contribution in [2.45, 2.75) is 37.4 Å². The Morgan fingerprint density at radius 1 is 1.03 bits per heavy atom. The molecular formula is C23H25NO5. The van der Waals surface area contributed by atoms with Gasteiger partial charge in [-0.25, -0.2) is 4.79 Å². The van der Waals surface area contributed by atoms with E-state index < -0.39 is 11.6 Å². The van der Waals surface area contributed by atoms with Crippen LogP contribution in [-0.2, 0) is 16.2 Å². The summed E-state index contributed by atoms with van der Waals surface area (Å²) in [5.41, 5.74) is 0.533. The molecule has 4 rings (SSSR count). The van der Waals surface area contributed by atoms with E-state index in [4.69, 9.17) is 9.84 Å². The average molecular weight is 395 g/mol. The fourth-order valence-electron chi connectivity index (χ4n) is 3.93. The molecule has 2 fully saturated rings. The number of carboxylic acid groups (broad SMARTS) is 1. The Morgan fingerprint density at radius 3 is 2.31 bits per heavy atom. The van der Waals surface area contributed by atoms with Gasteiger partial charge in [-0.1, -0.05) is 42.5 Å². The fourth-order valence-corrected chi connectivity index (χ4v) is 3.93. The molecule has 1 heterocycles. The molecule has 1 saturated heterocycles. The van der Waals surface area contributed by atoms with Crippen LogP contribution >= 0.6 is 0 Å². The van der Waals surface area contributed by atoms with E-state index in [-0.39, 0.29) is 43.7 Å². The molecule has 0 bridgehead atoms. The molecular weight excluding hydrogens is 370 g/mol. The SMILES string of the molecule is O=C(C1CC1c1ccc(OCc2ccccc2)cc1)N1CCC(O)(C(=O)O)CC1. The molecule has 152 valence electrons. The Labute approximate surface area is 169 Å². The Kier molecular flexibility index (Phi) is 5.28. The zero-order valence-electron chi connectivity index (χ0n) is 16.2. The first-order chi connectivity index (χ1) is 14.0. The molecule has 2 aromatic carbocycles. The van der Waals surface area contributed by atoms with Crippen molar-refractivity contribution in [3.05, 3.63) is 65.7 Å². The monoisotopic (exact) mass is 395 g/mol. The highest BCUT2D eigenvalue weighted by molar-refractivity contribution is 5.84. The highest BCUT2D eigenvalue weighted by atomic mass is 16.5. The number of ether oxygens (including phenoxy) is 1. The predicted octanol–water partition coefficient (Wildman–Crippen LogP) is 2.81. The summed E-state index contributed by atoms with van der Waals surface area (Å²) in [5, 5.41) is 19.1. The number of carboxylic acids is 1. The standard InChI is InChI=1S/C23H25NO5/c25-21(24-12-10-23(28,11-13-24)22(26)27)20-14-19(20)17-6-8-18(9-7-17)29-15-16-4-2-1-3-5-16/h1-9,19-20,28H,10-15H2,(H,26,27). The molecule has 2 aromatic rings. The van der Waals surface area contributed by atoms with Crippen molar-refractivity contribution < 1.29 is 24.5 Å². The summed E-state index contributed by atoms with van der Waals surface area (Å²) in [6.45, 7) is 1.09. The highest BCUT2D eigenvalue weighted by Crippen LogP contribution is 2.49. The largest absolute Gasteiger partial charge is 0.489 e. The number of hydrogen-bond acceptors (Lipinski definition) is 4. The van der Waals surface area contributed by atoms with Gasteiger partial charge in [0, 0.05) is 31.8 Å². The second-order valence-corrected chi connectivity index (χ2v) is 7.95. The first-order valence-corrected chi connectivity index (χ1v) is 9.97. The van der Waals surface area contributed by atoms with Gasteiger partial charge < -0.3 is 19.8 Å². The lowest BCUT2D eigenvalue weighted by Gasteiger charge is -2.35. The van der Waals surface area contributed by atoms with Gasteiger partial charge in [-0.2, -0.15) is 0 Å². The van der Waals surface area contributed by atoms with Crippen LogP contribution in [0.2, 0.25) is 0 Å². The summed E-state index contributed by atoms with van der Waals surface area (Å²) in [6.07, 6.45) is 0.973. The molecule has 2 aliphatic rings. The van der Waals surface area contributed by atoms with Crippen molar-refractivity contribution in [1.29, 1.82) is 0 Å². The number of hydrogen-bond donors (Lipinski definition) is 2. The number of likely N-dealkylation sites (tertiary alicyclic amines) is 1. The minimum atomic E-state index is -1.70. The van der Waals surface area contributed by atoms with Gasteiger partial charge in [-0.3, -0.25) is 4.79 Å². The number of aliphatic hydroxyl groups is 1. The second-order valence-electron chi connectivity index (χ2n) is 7.95. The van der Waals surface area contributed by atoms with Crippen LogP contribution in [0.15, 0.2) is 54.6 Å². The number of carbonyl (C=O) groups excluding carboxylic acids is 1. The lowest BCUT2D eigenvalue weighted by atomic mass is 9.91. The third kappa shape index (κ3) is 4.27. The van der Waals surface area contributed by atoms with E-state index in [0.29, 0.717) is 6.61 Å². The molecule has 1 aliphatic carbocycles. The summed E-state index contributed by atoms with van der Waals surface area (Å²) in [5.74, 6) is -0.200. The van der Waals surface area contributed by atoms with Crippen LogP contribution in [0, 0.1) is 5.92 Å². The van der Waals surface area contributed by atoms with Gasteiger partial charge in [0.25, 0.3) is 0 Å². The van der Waals surface area contributed by atoms with E-state index in [0.717, 1.165) is 23.3 Å².